The minimum atomic E-state index is -0.300. The van der Waals surface area contributed by atoms with Crippen LogP contribution in [0.3, 0.4) is 0 Å². The molecular formula is C8H10BrNO. The molecule has 2 nitrogen and oxygen atoms in total. The minimum Gasteiger partial charge on any atom is -0.393 e. The van der Waals surface area contributed by atoms with E-state index in [2.05, 4.69) is 20.9 Å². The Morgan fingerprint density at radius 2 is 2.36 bits per heavy atom. The lowest BCUT2D eigenvalue weighted by atomic mass is 10.1. The molecule has 1 N–H and O–H groups in total. The summed E-state index contributed by atoms with van der Waals surface area (Å²) >= 11 is 3.31. The van der Waals surface area contributed by atoms with Gasteiger partial charge in [0.25, 0.3) is 0 Å². The molecule has 0 aliphatic rings. The monoisotopic (exact) mass is 215 g/mol. The van der Waals surface area contributed by atoms with Crippen LogP contribution >= 0.6 is 15.9 Å². The molecule has 0 bridgehead atoms. The van der Waals surface area contributed by atoms with E-state index in [-0.39, 0.29) is 6.10 Å². The van der Waals surface area contributed by atoms with Gasteiger partial charge in [-0.1, -0.05) is 0 Å². The molecule has 60 valence electrons. The van der Waals surface area contributed by atoms with Crippen LogP contribution in [0.5, 0.6) is 0 Å². The molecule has 0 spiro atoms. The first-order valence-electron chi connectivity index (χ1n) is 3.46. The van der Waals surface area contributed by atoms with Gasteiger partial charge in [0.2, 0.25) is 0 Å². The van der Waals surface area contributed by atoms with E-state index in [1.807, 2.05) is 6.07 Å². The van der Waals surface area contributed by atoms with Crippen LogP contribution in [0.1, 0.15) is 12.5 Å². The molecule has 1 atom stereocenters. The maximum absolute atomic E-state index is 9.05. The van der Waals surface area contributed by atoms with Crippen molar-refractivity contribution in [1.82, 2.24) is 4.98 Å². The SMILES string of the molecule is C[C@H](O)Cc1cncc(Br)c1. The van der Waals surface area contributed by atoms with Gasteiger partial charge in [0.1, 0.15) is 0 Å². The highest BCUT2D eigenvalue weighted by Gasteiger charge is 1.98. The molecule has 0 fully saturated rings. The standard InChI is InChI=1S/C8H10BrNO/c1-6(11)2-7-3-8(9)5-10-4-7/h3-6,11H,2H2,1H3/t6-/m0/s1. The number of halogens is 1. The molecule has 3 heteroatoms. The molecule has 1 aromatic heterocycles. The van der Waals surface area contributed by atoms with Crippen LogP contribution in [-0.2, 0) is 6.42 Å². The second-order valence-electron chi connectivity index (χ2n) is 2.56. The Labute approximate surface area is 74.4 Å². The molecular weight excluding hydrogens is 206 g/mol. The Balaban J connectivity index is 2.71. The number of aliphatic hydroxyl groups excluding tert-OH is 1. The fraction of sp³-hybridized carbons (Fsp3) is 0.375. The Hall–Kier alpha value is -0.410. The third-order valence-corrected chi connectivity index (χ3v) is 1.73. The van der Waals surface area contributed by atoms with Crippen LogP contribution in [0.25, 0.3) is 0 Å². The van der Waals surface area contributed by atoms with Gasteiger partial charge in [0.05, 0.1) is 6.10 Å². The highest BCUT2D eigenvalue weighted by Crippen LogP contribution is 2.10. The summed E-state index contributed by atoms with van der Waals surface area (Å²) in [5.74, 6) is 0. The van der Waals surface area contributed by atoms with Gasteiger partial charge in [-0.2, -0.15) is 0 Å². The lowest BCUT2D eigenvalue weighted by Crippen LogP contribution is -2.04. The van der Waals surface area contributed by atoms with Crippen molar-refractivity contribution in [3.8, 4) is 0 Å². The van der Waals surface area contributed by atoms with E-state index in [1.54, 1.807) is 19.3 Å². The van der Waals surface area contributed by atoms with Gasteiger partial charge in [0, 0.05) is 16.9 Å². The van der Waals surface area contributed by atoms with Crippen LogP contribution < -0.4 is 0 Å². The van der Waals surface area contributed by atoms with Crippen molar-refractivity contribution in [3.05, 3.63) is 28.5 Å². The zero-order chi connectivity index (χ0) is 8.27. The molecule has 1 rings (SSSR count). The van der Waals surface area contributed by atoms with Crippen molar-refractivity contribution in [2.45, 2.75) is 19.4 Å². The first kappa shape index (κ1) is 8.68. The summed E-state index contributed by atoms with van der Waals surface area (Å²) in [5.41, 5.74) is 1.05. The normalized spacial score (nSPS) is 13.0. The molecule has 0 aliphatic heterocycles. The second kappa shape index (κ2) is 3.83. The lowest BCUT2D eigenvalue weighted by Gasteiger charge is -2.02. The van der Waals surface area contributed by atoms with Crippen molar-refractivity contribution in [2.75, 3.05) is 0 Å². The van der Waals surface area contributed by atoms with Gasteiger partial charge in [0.15, 0.2) is 0 Å². The smallest absolute Gasteiger partial charge is 0.0553 e. The topological polar surface area (TPSA) is 33.1 Å². The average Bonchev–Trinajstić information content (AvgIpc) is 1.85. The summed E-state index contributed by atoms with van der Waals surface area (Å²) in [6.07, 6.45) is 3.85. The second-order valence-corrected chi connectivity index (χ2v) is 3.48. The van der Waals surface area contributed by atoms with E-state index >= 15 is 0 Å². The van der Waals surface area contributed by atoms with Crippen molar-refractivity contribution in [1.29, 1.82) is 0 Å². The fourth-order valence-electron chi connectivity index (χ4n) is 0.909. The van der Waals surface area contributed by atoms with Crippen molar-refractivity contribution in [3.63, 3.8) is 0 Å². The number of hydrogen-bond acceptors (Lipinski definition) is 2. The highest BCUT2D eigenvalue weighted by atomic mass is 79.9. The largest absolute Gasteiger partial charge is 0.393 e. The zero-order valence-corrected chi connectivity index (χ0v) is 7.87. The summed E-state index contributed by atoms with van der Waals surface area (Å²) in [5, 5.41) is 9.05. The van der Waals surface area contributed by atoms with Gasteiger partial charge < -0.3 is 5.11 Å². The summed E-state index contributed by atoms with van der Waals surface area (Å²) in [6.45, 7) is 1.76. The van der Waals surface area contributed by atoms with Crippen LogP contribution in [0.15, 0.2) is 22.9 Å². The van der Waals surface area contributed by atoms with Crippen molar-refractivity contribution < 1.29 is 5.11 Å². The third-order valence-electron chi connectivity index (χ3n) is 1.29. The third kappa shape index (κ3) is 2.99. The molecule has 0 saturated heterocycles. The molecule has 0 unspecified atom stereocenters. The summed E-state index contributed by atoms with van der Waals surface area (Å²) in [6, 6.07) is 1.96. The molecule has 0 radical (unpaired) electrons. The summed E-state index contributed by atoms with van der Waals surface area (Å²) in [7, 11) is 0. The first-order chi connectivity index (χ1) is 5.18. The number of pyridine rings is 1. The van der Waals surface area contributed by atoms with E-state index < -0.39 is 0 Å². The fourth-order valence-corrected chi connectivity index (χ4v) is 1.32. The number of hydrogen-bond donors (Lipinski definition) is 1. The van der Waals surface area contributed by atoms with Crippen LogP contribution in [0.2, 0.25) is 0 Å². The van der Waals surface area contributed by atoms with Gasteiger partial charge >= 0.3 is 0 Å². The van der Waals surface area contributed by atoms with Crippen molar-refractivity contribution in [2.24, 2.45) is 0 Å². The molecule has 0 aliphatic carbocycles. The molecule has 0 aromatic carbocycles. The van der Waals surface area contributed by atoms with E-state index in [1.165, 1.54) is 0 Å². The molecule has 0 saturated carbocycles. The maximum atomic E-state index is 9.05. The number of aliphatic hydroxyl groups is 1. The average molecular weight is 216 g/mol. The maximum Gasteiger partial charge on any atom is 0.0553 e. The minimum absolute atomic E-state index is 0.300. The van der Waals surface area contributed by atoms with Crippen LogP contribution in [0.4, 0.5) is 0 Å². The Bertz CT molecular complexity index is 237. The molecule has 11 heavy (non-hydrogen) atoms. The van der Waals surface area contributed by atoms with E-state index in [9.17, 15) is 0 Å². The Morgan fingerprint density at radius 1 is 1.64 bits per heavy atom. The lowest BCUT2D eigenvalue weighted by molar-refractivity contribution is 0.195. The highest BCUT2D eigenvalue weighted by molar-refractivity contribution is 9.10. The number of aromatic nitrogens is 1. The van der Waals surface area contributed by atoms with Crippen LogP contribution in [-0.4, -0.2) is 16.2 Å². The number of rotatable bonds is 2. The molecule has 0 amide bonds. The van der Waals surface area contributed by atoms with E-state index in [0.717, 1.165) is 10.0 Å². The summed E-state index contributed by atoms with van der Waals surface area (Å²) < 4.78 is 0.954. The van der Waals surface area contributed by atoms with E-state index in [0.29, 0.717) is 6.42 Å². The first-order valence-corrected chi connectivity index (χ1v) is 4.25. The summed E-state index contributed by atoms with van der Waals surface area (Å²) in [4.78, 5) is 3.98. The predicted octanol–water partition coefficient (Wildman–Crippen LogP) is 1.77. The Kier molecular flexibility index (Phi) is 3.02. The van der Waals surface area contributed by atoms with Gasteiger partial charge in [-0.15, -0.1) is 0 Å². The predicted molar refractivity (Wildman–Crippen MR) is 47.3 cm³/mol. The van der Waals surface area contributed by atoms with Crippen molar-refractivity contribution >= 4 is 15.9 Å². The van der Waals surface area contributed by atoms with Gasteiger partial charge in [-0.25, -0.2) is 0 Å². The molecule has 1 heterocycles. The number of nitrogens with zero attached hydrogens (tertiary/aromatic N) is 1. The molecule has 1 aromatic rings. The van der Waals surface area contributed by atoms with Crippen LogP contribution in [0, 0.1) is 0 Å². The van der Waals surface area contributed by atoms with E-state index in [4.69, 9.17) is 5.11 Å². The van der Waals surface area contributed by atoms with Gasteiger partial charge in [-0.3, -0.25) is 4.98 Å². The van der Waals surface area contributed by atoms with Gasteiger partial charge in [-0.05, 0) is 40.9 Å². The zero-order valence-electron chi connectivity index (χ0n) is 6.29. The Morgan fingerprint density at radius 3 is 2.91 bits per heavy atom. The quantitative estimate of drug-likeness (QED) is 0.817.